The van der Waals surface area contributed by atoms with E-state index in [2.05, 4.69) is 20.8 Å². The Morgan fingerprint density at radius 3 is 3.00 bits per heavy atom. The Bertz CT molecular complexity index is 544. The number of carbonyl (C=O) groups is 1. The molecular weight excluding hydrogens is 312 g/mol. The molecule has 0 aliphatic rings. The zero-order valence-corrected chi connectivity index (χ0v) is 13.6. The Hall–Kier alpha value is -1.44. The molecule has 2 heterocycles. The van der Waals surface area contributed by atoms with Crippen LogP contribution in [-0.4, -0.2) is 35.7 Å². The number of amides is 1. The van der Waals surface area contributed by atoms with Crippen LogP contribution in [0.15, 0.2) is 22.0 Å². The Balaban J connectivity index is 0.00000220. The number of carbonyl (C=O) groups excluding carboxylic acids is 1. The van der Waals surface area contributed by atoms with Gasteiger partial charge >= 0.3 is 0 Å². The van der Waals surface area contributed by atoms with Gasteiger partial charge in [0, 0.05) is 25.4 Å². The minimum Gasteiger partial charge on any atom is -0.355 e. The first-order valence-electron chi connectivity index (χ1n) is 6.49. The summed E-state index contributed by atoms with van der Waals surface area (Å²) in [7, 11) is 1.86. The lowest BCUT2D eigenvalue weighted by molar-refractivity contribution is -0.121. The van der Waals surface area contributed by atoms with Gasteiger partial charge in [-0.05, 0) is 25.4 Å². The van der Waals surface area contributed by atoms with Crippen molar-refractivity contribution < 1.29 is 9.32 Å². The van der Waals surface area contributed by atoms with Gasteiger partial charge in [0.25, 0.3) is 0 Å². The third-order valence-electron chi connectivity index (χ3n) is 2.87. The molecule has 0 spiro atoms. The van der Waals surface area contributed by atoms with E-state index < -0.39 is 0 Å². The maximum atomic E-state index is 11.6. The molecule has 6 nitrogen and oxygen atoms in total. The summed E-state index contributed by atoms with van der Waals surface area (Å²) in [5, 5.41) is 11.8. The van der Waals surface area contributed by atoms with Crippen LogP contribution < -0.4 is 10.6 Å². The highest BCUT2D eigenvalue weighted by atomic mass is 35.5. The summed E-state index contributed by atoms with van der Waals surface area (Å²) in [4.78, 5) is 16.9. The SMILES string of the molecule is CNC(C)CNC(=O)CCc1nc(-c2cccs2)no1.Cl. The number of nitrogens with zero attached hydrogens (tertiary/aromatic N) is 2. The van der Waals surface area contributed by atoms with Crippen LogP contribution in [0.3, 0.4) is 0 Å². The van der Waals surface area contributed by atoms with Gasteiger partial charge in [-0.3, -0.25) is 4.79 Å². The van der Waals surface area contributed by atoms with Gasteiger partial charge in [-0.25, -0.2) is 0 Å². The number of hydrogen-bond acceptors (Lipinski definition) is 6. The molecule has 0 saturated carbocycles. The predicted molar refractivity (Wildman–Crippen MR) is 84.7 cm³/mol. The Morgan fingerprint density at radius 1 is 1.52 bits per heavy atom. The van der Waals surface area contributed by atoms with Crippen molar-refractivity contribution in [2.45, 2.75) is 25.8 Å². The van der Waals surface area contributed by atoms with Gasteiger partial charge in [0.2, 0.25) is 17.6 Å². The van der Waals surface area contributed by atoms with E-state index in [1.807, 2.05) is 31.5 Å². The van der Waals surface area contributed by atoms with E-state index in [0.717, 1.165) is 4.88 Å². The van der Waals surface area contributed by atoms with Gasteiger partial charge in [-0.1, -0.05) is 11.2 Å². The molecule has 8 heteroatoms. The fraction of sp³-hybridized carbons (Fsp3) is 0.462. The summed E-state index contributed by atoms with van der Waals surface area (Å²) in [5.74, 6) is 1.06. The Morgan fingerprint density at radius 2 is 2.33 bits per heavy atom. The molecule has 2 rings (SSSR count). The number of aryl methyl sites for hydroxylation is 1. The van der Waals surface area contributed by atoms with Crippen molar-refractivity contribution in [1.82, 2.24) is 20.8 Å². The molecule has 1 unspecified atom stereocenters. The van der Waals surface area contributed by atoms with Crippen LogP contribution in [0.2, 0.25) is 0 Å². The van der Waals surface area contributed by atoms with Crippen LogP contribution in [0.5, 0.6) is 0 Å². The number of halogens is 1. The fourth-order valence-corrected chi connectivity index (χ4v) is 2.19. The first kappa shape index (κ1) is 17.6. The molecule has 2 N–H and O–H groups in total. The zero-order valence-electron chi connectivity index (χ0n) is 12.0. The van der Waals surface area contributed by atoms with Crippen molar-refractivity contribution in [2.24, 2.45) is 0 Å². The van der Waals surface area contributed by atoms with E-state index in [1.165, 1.54) is 0 Å². The molecule has 0 fully saturated rings. The molecular formula is C13H19ClN4O2S. The zero-order chi connectivity index (χ0) is 14.4. The number of hydrogen-bond donors (Lipinski definition) is 2. The van der Waals surface area contributed by atoms with Gasteiger partial charge < -0.3 is 15.2 Å². The third-order valence-corrected chi connectivity index (χ3v) is 3.74. The van der Waals surface area contributed by atoms with Crippen LogP contribution in [0.4, 0.5) is 0 Å². The second kappa shape index (κ2) is 8.76. The molecule has 0 saturated heterocycles. The van der Waals surface area contributed by atoms with Crippen LogP contribution in [-0.2, 0) is 11.2 Å². The molecule has 0 aromatic carbocycles. The van der Waals surface area contributed by atoms with Gasteiger partial charge in [-0.2, -0.15) is 4.98 Å². The molecule has 1 atom stereocenters. The maximum Gasteiger partial charge on any atom is 0.227 e. The fourth-order valence-electron chi connectivity index (χ4n) is 1.54. The van der Waals surface area contributed by atoms with Crippen LogP contribution >= 0.6 is 23.7 Å². The standard InChI is InChI=1S/C13H18N4O2S.ClH/c1-9(14-2)8-15-11(18)5-6-12-16-13(17-19-12)10-4-3-7-20-10;/h3-4,7,9,14H,5-6,8H2,1-2H3,(H,15,18);1H. The summed E-state index contributed by atoms with van der Waals surface area (Å²) >= 11 is 1.56. The molecule has 21 heavy (non-hydrogen) atoms. The number of rotatable bonds is 7. The lowest BCUT2D eigenvalue weighted by atomic mass is 10.2. The topological polar surface area (TPSA) is 80.0 Å². The van der Waals surface area contributed by atoms with E-state index >= 15 is 0 Å². The van der Waals surface area contributed by atoms with E-state index in [9.17, 15) is 4.79 Å². The van der Waals surface area contributed by atoms with Gasteiger partial charge in [0.15, 0.2) is 0 Å². The highest BCUT2D eigenvalue weighted by Gasteiger charge is 2.11. The Kier molecular flexibility index (Phi) is 7.35. The summed E-state index contributed by atoms with van der Waals surface area (Å²) < 4.78 is 5.14. The van der Waals surface area contributed by atoms with Crippen LogP contribution in [0.25, 0.3) is 10.7 Å². The predicted octanol–water partition coefficient (Wildman–Crippen LogP) is 1.88. The van der Waals surface area contributed by atoms with Crippen LogP contribution in [0.1, 0.15) is 19.2 Å². The lowest BCUT2D eigenvalue weighted by Crippen LogP contribution is -2.37. The first-order valence-corrected chi connectivity index (χ1v) is 7.37. The van der Waals surface area contributed by atoms with Crippen molar-refractivity contribution in [3.63, 3.8) is 0 Å². The number of thiophene rings is 1. The maximum absolute atomic E-state index is 11.6. The van der Waals surface area contributed by atoms with E-state index in [1.54, 1.807) is 11.3 Å². The summed E-state index contributed by atoms with van der Waals surface area (Å²) in [6.07, 6.45) is 0.806. The van der Waals surface area contributed by atoms with Crippen molar-refractivity contribution in [1.29, 1.82) is 0 Å². The van der Waals surface area contributed by atoms with Crippen molar-refractivity contribution in [3.8, 4) is 10.7 Å². The third kappa shape index (κ3) is 5.45. The minimum absolute atomic E-state index is 0. The highest BCUT2D eigenvalue weighted by molar-refractivity contribution is 7.13. The number of aromatic nitrogens is 2. The second-order valence-electron chi connectivity index (χ2n) is 4.48. The monoisotopic (exact) mass is 330 g/mol. The summed E-state index contributed by atoms with van der Waals surface area (Å²) in [5.41, 5.74) is 0. The highest BCUT2D eigenvalue weighted by Crippen LogP contribution is 2.21. The van der Waals surface area contributed by atoms with Gasteiger partial charge in [0.1, 0.15) is 0 Å². The van der Waals surface area contributed by atoms with Crippen molar-refractivity contribution in [3.05, 3.63) is 23.4 Å². The molecule has 0 bridgehead atoms. The van der Waals surface area contributed by atoms with E-state index in [-0.39, 0.29) is 24.4 Å². The minimum atomic E-state index is -0.0111. The lowest BCUT2D eigenvalue weighted by Gasteiger charge is -2.10. The summed E-state index contributed by atoms with van der Waals surface area (Å²) in [6.45, 7) is 2.62. The molecule has 2 aromatic heterocycles. The summed E-state index contributed by atoms with van der Waals surface area (Å²) in [6, 6.07) is 4.13. The normalized spacial score (nSPS) is 11.7. The molecule has 0 aliphatic heterocycles. The molecule has 1 amide bonds. The Labute approximate surface area is 133 Å². The number of nitrogens with one attached hydrogen (secondary N) is 2. The molecule has 0 radical (unpaired) electrons. The first-order chi connectivity index (χ1) is 9.69. The van der Waals surface area contributed by atoms with Crippen molar-refractivity contribution in [2.75, 3.05) is 13.6 Å². The average molecular weight is 331 g/mol. The smallest absolute Gasteiger partial charge is 0.227 e. The average Bonchev–Trinajstić information content (AvgIpc) is 3.12. The van der Waals surface area contributed by atoms with Gasteiger partial charge in [0.05, 0.1) is 4.88 Å². The molecule has 2 aromatic rings. The van der Waals surface area contributed by atoms with E-state index in [0.29, 0.717) is 31.1 Å². The van der Waals surface area contributed by atoms with Gasteiger partial charge in [-0.15, -0.1) is 23.7 Å². The van der Waals surface area contributed by atoms with Crippen molar-refractivity contribution >= 4 is 29.7 Å². The quantitative estimate of drug-likeness (QED) is 0.810. The largest absolute Gasteiger partial charge is 0.355 e. The molecule has 0 aliphatic carbocycles. The second-order valence-corrected chi connectivity index (χ2v) is 5.43. The number of likely N-dealkylation sites (N-methyl/N-ethyl adjacent to an activating group) is 1. The van der Waals surface area contributed by atoms with Crippen LogP contribution in [0, 0.1) is 0 Å². The van der Waals surface area contributed by atoms with E-state index in [4.69, 9.17) is 4.52 Å². The molecule has 116 valence electrons.